The Labute approximate surface area is 98.4 Å². The molecule has 0 atom stereocenters. The van der Waals surface area contributed by atoms with Gasteiger partial charge in [0.25, 0.3) is 0 Å². The average molecular weight is 264 g/mol. The minimum absolute atomic E-state index is 0.0932. The number of sulfonamides is 1. The van der Waals surface area contributed by atoms with E-state index < -0.39 is 10.0 Å². The monoisotopic (exact) mass is 263 g/mol. The standard InChI is InChI=1S/C9H10ClNO4S/c1-15-8-3-2-7(10)6-9(8)16(13,14)11-4-5-12/h2-3,5-6,11H,4H2,1H3. The molecule has 5 nitrogen and oxygen atoms in total. The maximum Gasteiger partial charge on any atom is 0.244 e. The van der Waals surface area contributed by atoms with E-state index in [1.165, 1.54) is 25.3 Å². The number of carbonyl (C=O) groups is 1. The lowest BCUT2D eigenvalue weighted by Crippen LogP contribution is -2.25. The molecule has 0 saturated carbocycles. The van der Waals surface area contributed by atoms with Crippen LogP contribution in [-0.4, -0.2) is 28.4 Å². The Balaban J connectivity index is 3.19. The van der Waals surface area contributed by atoms with Gasteiger partial charge in [-0.2, -0.15) is 0 Å². The van der Waals surface area contributed by atoms with Crippen molar-refractivity contribution in [2.75, 3.05) is 13.7 Å². The number of benzene rings is 1. The summed E-state index contributed by atoms with van der Waals surface area (Å²) in [5, 5.41) is 0.271. The molecule has 1 N–H and O–H groups in total. The fourth-order valence-electron chi connectivity index (χ4n) is 1.08. The summed E-state index contributed by atoms with van der Waals surface area (Å²) >= 11 is 5.70. The molecule has 0 bridgehead atoms. The molecule has 0 aromatic heterocycles. The van der Waals surface area contributed by atoms with Crippen LogP contribution in [0.3, 0.4) is 0 Å². The van der Waals surface area contributed by atoms with Gasteiger partial charge in [-0.3, -0.25) is 0 Å². The zero-order valence-corrected chi connectivity index (χ0v) is 10.0. The van der Waals surface area contributed by atoms with E-state index in [-0.39, 0.29) is 22.2 Å². The lowest BCUT2D eigenvalue weighted by molar-refractivity contribution is -0.106. The van der Waals surface area contributed by atoms with Crippen molar-refractivity contribution in [2.45, 2.75) is 4.90 Å². The molecule has 7 heteroatoms. The number of aldehydes is 1. The fraction of sp³-hybridized carbons (Fsp3) is 0.222. The molecule has 88 valence electrons. The van der Waals surface area contributed by atoms with Gasteiger partial charge in [-0.15, -0.1) is 0 Å². The van der Waals surface area contributed by atoms with Crippen LogP contribution in [0.1, 0.15) is 0 Å². The van der Waals surface area contributed by atoms with Crippen LogP contribution in [0.15, 0.2) is 23.1 Å². The first-order valence-corrected chi connectivity index (χ1v) is 6.14. The highest BCUT2D eigenvalue weighted by Gasteiger charge is 2.19. The zero-order chi connectivity index (χ0) is 12.2. The van der Waals surface area contributed by atoms with E-state index in [0.717, 1.165) is 0 Å². The lowest BCUT2D eigenvalue weighted by atomic mass is 10.3. The third-order valence-electron chi connectivity index (χ3n) is 1.77. The highest BCUT2D eigenvalue weighted by molar-refractivity contribution is 7.89. The second-order valence-electron chi connectivity index (χ2n) is 2.81. The van der Waals surface area contributed by atoms with E-state index in [2.05, 4.69) is 4.72 Å². The van der Waals surface area contributed by atoms with Crippen LogP contribution in [-0.2, 0) is 14.8 Å². The second kappa shape index (κ2) is 5.29. The number of hydrogen-bond donors (Lipinski definition) is 1. The first kappa shape index (κ1) is 13.0. The van der Waals surface area contributed by atoms with E-state index in [1.54, 1.807) is 0 Å². The van der Waals surface area contributed by atoms with E-state index in [4.69, 9.17) is 16.3 Å². The maximum atomic E-state index is 11.7. The van der Waals surface area contributed by atoms with Crippen LogP contribution >= 0.6 is 11.6 Å². The molecule has 0 aliphatic heterocycles. The van der Waals surface area contributed by atoms with Crippen molar-refractivity contribution >= 4 is 27.9 Å². The molecule has 0 spiro atoms. The van der Waals surface area contributed by atoms with Crippen molar-refractivity contribution in [3.05, 3.63) is 23.2 Å². The number of hydrogen-bond acceptors (Lipinski definition) is 4. The molecule has 0 amide bonds. The summed E-state index contributed by atoms with van der Waals surface area (Å²) < 4.78 is 30.4. The number of nitrogens with one attached hydrogen (secondary N) is 1. The molecule has 1 rings (SSSR count). The summed E-state index contributed by atoms with van der Waals surface area (Å²) in [6.07, 6.45) is 0.453. The quantitative estimate of drug-likeness (QED) is 0.799. The van der Waals surface area contributed by atoms with E-state index >= 15 is 0 Å². The third kappa shape index (κ3) is 2.94. The van der Waals surface area contributed by atoms with E-state index in [9.17, 15) is 13.2 Å². The van der Waals surface area contributed by atoms with Gasteiger partial charge in [0.1, 0.15) is 16.9 Å². The van der Waals surface area contributed by atoms with Gasteiger partial charge in [0.15, 0.2) is 0 Å². The predicted molar refractivity (Wildman–Crippen MR) is 59.3 cm³/mol. The summed E-state index contributed by atoms with van der Waals surface area (Å²) in [5.74, 6) is 0.169. The molecule has 1 aromatic rings. The Morgan fingerprint density at radius 1 is 1.50 bits per heavy atom. The number of carbonyl (C=O) groups excluding carboxylic acids is 1. The minimum atomic E-state index is -3.78. The molecule has 16 heavy (non-hydrogen) atoms. The first-order valence-electron chi connectivity index (χ1n) is 4.28. The minimum Gasteiger partial charge on any atom is -0.495 e. The number of halogens is 1. The summed E-state index contributed by atoms with van der Waals surface area (Å²) in [6.45, 7) is -0.294. The van der Waals surface area contributed by atoms with Crippen molar-refractivity contribution in [3.8, 4) is 5.75 Å². The highest BCUT2D eigenvalue weighted by atomic mass is 35.5. The molecule has 0 heterocycles. The summed E-state index contributed by atoms with van der Waals surface area (Å²) in [6, 6.07) is 4.21. The van der Waals surface area contributed by atoms with E-state index in [0.29, 0.717) is 6.29 Å². The molecular weight excluding hydrogens is 254 g/mol. The first-order chi connectivity index (χ1) is 7.51. The molecule has 0 radical (unpaired) electrons. The van der Waals surface area contributed by atoms with Gasteiger partial charge in [-0.05, 0) is 18.2 Å². The van der Waals surface area contributed by atoms with Crippen LogP contribution in [0.5, 0.6) is 5.75 Å². The van der Waals surface area contributed by atoms with E-state index in [1.807, 2.05) is 0 Å². The van der Waals surface area contributed by atoms with Crippen LogP contribution < -0.4 is 9.46 Å². The van der Waals surface area contributed by atoms with Gasteiger partial charge in [0.2, 0.25) is 10.0 Å². The van der Waals surface area contributed by atoms with Crippen LogP contribution in [0.4, 0.5) is 0 Å². The molecule has 0 saturated heterocycles. The second-order valence-corrected chi connectivity index (χ2v) is 4.99. The van der Waals surface area contributed by atoms with Gasteiger partial charge in [-0.1, -0.05) is 11.6 Å². The highest BCUT2D eigenvalue weighted by Crippen LogP contribution is 2.26. The van der Waals surface area contributed by atoms with Crippen LogP contribution in [0.2, 0.25) is 5.02 Å². The Morgan fingerprint density at radius 3 is 2.75 bits per heavy atom. The lowest BCUT2D eigenvalue weighted by Gasteiger charge is -2.09. The summed E-state index contributed by atoms with van der Waals surface area (Å²) in [7, 11) is -2.43. The zero-order valence-electron chi connectivity index (χ0n) is 8.44. The van der Waals surface area contributed by atoms with Crippen molar-refractivity contribution in [2.24, 2.45) is 0 Å². The van der Waals surface area contributed by atoms with Gasteiger partial charge < -0.3 is 9.53 Å². The normalized spacial score (nSPS) is 11.1. The summed E-state index contributed by atoms with van der Waals surface area (Å²) in [4.78, 5) is 10.0. The fourth-order valence-corrected chi connectivity index (χ4v) is 2.46. The van der Waals surface area contributed by atoms with Gasteiger partial charge >= 0.3 is 0 Å². The van der Waals surface area contributed by atoms with Crippen molar-refractivity contribution in [3.63, 3.8) is 0 Å². The van der Waals surface area contributed by atoms with Crippen LogP contribution in [0.25, 0.3) is 0 Å². The molecule has 1 aromatic carbocycles. The Kier molecular flexibility index (Phi) is 4.28. The average Bonchev–Trinajstić information content (AvgIpc) is 2.26. The van der Waals surface area contributed by atoms with Crippen molar-refractivity contribution in [1.29, 1.82) is 0 Å². The Morgan fingerprint density at radius 2 is 2.19 bits per heavy atom. The molecule has 0 fully saturated rings. The SMILES string of the molecule is COc1ccc(Cl)cc1S(=O)(=O)NCC=O. The van der Waals surface area contributed by atoms with Gasteiger partial charge in [0, 0.05) is 5.02 Å². The van der Waals surface area contributed by atoms with Crippen LogP contribution in [0, 0.1) is 0 Å². The van der Waals surface area contributed by atoms with Gasteiger partial charge in [-0.25, -0.2) is 13.1 Å². The van der Waals surface area contributed by atoms with Crippen molar-refractivity contribution < 1.29 is 17.9 Å². The topological polar surface area (TPSA) is 72.5 Å². The number of rotatable bonds is 5. The Hall–Kier alpha value is -1.11. The molecular formula is C9H10ClNO4S. The number of methoxy groups -OCH3 is 1. The van der Waals surface area contributed by atoms with Crippen molar-refractivity contribution in [1.82, 2.24) is 4.72 Å². The third-order valence-corrected chi connectivity index (χ3v) is 3.45. The molecule has 0 unspecified atom stereocenters. The smallest absolute Gasteiger partial charge is 0.244 e. The molecule has 0 aliphatic rings. The molecule has 0 aliphatic carbocycles. The Bertz CT molecular complexity index is 486. The summed E-state index contributed by atoms with van der Waals surface area (Å²) in [5.41, 5.74) is 0. The maximum absolute atomic E-state index is 11.7. The number of ether oxygens (including phenoxy) is 1. The van der Waals surface area contributed by atoms with Gasteiger partial charge in [0.05, 0.1) is 13.7 Å². The predicted octanol–water partition coefficient (Wildman–Crippen LogP) is 0.826. The largest absolute Gasteiger partial charge is 0.495 e.